The van der Waals surface area contributed by atoms with E-state index in [0.29, 0.717) is 6.42 Å². The Morgan fingerprint density at radius 2 is 2.18 bits per heavy atom. The first kappa shape index (κ1) is 12.9. The van der Waals surface area contributed by atoms with Crippen molar-refractivity contribution in [2.45, 2.75) is 29.1 Å². The summed E-state index contributed by atoms with van der Waals surface area (Å²) in [7, 11) is -2.99. The number of hydrogen-bond acceptors (Lipinski definition) is 4. The normalized spacial score (nSPS) is 21.2. The minimum absolute atomic E-state index is 0.0571. The lowest BCUT2D eigenvalue weighted by Crippen LogP contribution is -2.25. The summed E-state index contributed by atoms with van der Waals surface area (Å²) >= 11 is 1.65. The zero-order chi connectivity index (χ0) is 12.5. The van der Waals surface area contributed by atoms with E-state index in [9.17, 15) is 13.5 Å². The molecule has 1 aliphatic heterocycles. The molecule has 0 aromatic heterocycles. The first-order valence-corrected chi connectivity index (χ1v) is 8.50. The summed E-state index contributed by atoms with van der Waals surface area (Å²) < 4.78 is 22.1. The first-order chi connectivity index (χ1) is 7.96. The van der Waals surface area contributed by atoms with E-state index >= 15 is 0 Å². The predicted molar refractivity (Wildman–Crippen MR) is 70.1 cm³/mol. The zero-order valence-electron chi connectivity index (χ0n) is 9.67. The van der Waals surface area contributed by atoms with E-state index in [1.807, 2.05) is 18.2 Å². The molecule has 1 aromatic rings. The molecule has 0 bridgehead atoms. The van der Waals surface area contributed by atoms with Crippen molar-refractivity contribution in [3.05, 3.63) is 29.8 Å². The molecule has 2 atom stereocenters. The molecule has 5 heteroatoms. The van der Waals surface area contributed by atoms with Crippen LogP contribution in [-0.4, -0.2) is 36.9 Å². The van der Waals surface area contributed by atoms with Crippen LogP contribution < -0.4 is 0 Å². The molecule has 0 amide bonds. The maximum absolute atomic E-state index is 11.1. The van der Waals surface area contributed by atoms with Crippen molar-refractivity contribution in [2.24, 2.45) is 0 Å². The standard InChI is InChI=1S/C12H16O3S2/c1-17(14,15)7-6-10(13)12-8-9-4-2-3-5-11(9)16-12/h2-5,10,12-13H,6-8H2,1H3. The van der Waals surface area contributed by atoms with Gasteiger partial charge in [-0.15, -0.1) is 11.8 Å². The zero-order valence-corrected chi connectivity index (χ0v) is 11.3. The molecular formula is C12H16O3S2. The van der Waals surface area contributed by atoms with Gasteiger partial charge in [0.05, 0.1) is 11.9 Å². The van der Waals surface area contributed by atoms with Crippen LogP contribution in [0.15, 0.2) is 29.2 Å². The van der Waals surface area contributed by atoms with Crippen LogP contribution in [0.2, 0.25) is 0 Å². The third-order valence-electron chi connectivity index (χ3n) is 2.89. The van der Waals surface area contributed by atoms with Gasteiger partial charge in [0.15, 0.2) is 0 Å². The Labute approximate surface area is 106 Å². The van der Waals surface area contributed by atoms with E-state index in [0.717, 1.165) is 6.42 Å². The molecule has 0 aliphatic carbocycles. The lowest BCUT2D eigenvalue weighted by molar-refractivity contribution is 0.168. The van der Waals surface area contributed by atoms with E-state index in [1.54, 1.807) is 11.8 Å². The average Bonchev–Trinajstić information content (AvgIpc) is 2.68. The molecular weight excluding hydrogens is 256 g/mol. The molecule has 1 aromatic carbocycles. The number of thioether (sulfide) groups is 1. The van der Waals surface area contributed by atoms with Gasteiger partial charge >= 0.3 is 0 Å². The number of fused-ring (bicyclic) bond motifs is 1. The van der Waals surface area contributed by atoms with Crippen LogP contribution >= 0.6 is 11.8 Å². The van der Waals surface area contributed by atoms with Crippen LogP contribution in [0.1, 0.15) is 12.0 Å². The summed E-state index contributed by atoms with van der Waals surface area (Å²) in [6, 6.07) is 8.08. The molecule has 2 unspecified atom stereocenters. The highest BCUT2D eigenvalue weighted by atomic mass is 32.2. The maximum atomic E-state index is 11.1. The van der Waals surface area contributed by atoms with Crippen LogP contribution in [0.3, 0.4) is 0 Å². The summed E-state index contributed by atoms with van der Waals surface area (Å²) in [6.45, 7) is 0. The summed E-state index contributed by atoms with van der Waals surface area (Å²) in [5.41, 5.74) is 1.25. The van der Waals surface area contributed by atoms with E-state index in [-0.39, 0.29) is 11.0 Å². The Balaban J connectivity index is 1.94. The molecule has 1 aliphatic rings. The van der Waals surface area contributed by atoms with Crippen molar-refractivity contribution in [3.8, 4) is 0 Å². The molecule has 1 heterocycles. The van der Waals surface area contributed by atoms with E-state index < -0.39 is 15.9 Å². The van der Waals surface area contributed by atoms with Crippen molar-refractivity contribution in [1.82, 2.24) is 0 Å². The fourth-order valence-electron chi connectivity index (χ4n) is 1.94. The van der Waals surface area contributed by atoms with E-state index in [2.05, 4.69) is 6.07 Å². The third kappa shape index (κ3) is 3.47. The number of aliphatic hydroxyl groups is 1. The number of rotatable bonds is 4. The highest BCUT2D eigenvalue weighted by molar-refractivity contribution is 8.00. The Hall–Kier alpha value is -0.520. The quantitative estimate of drug-likeness (QED) is 0.902. The van der Waals surface area contributed by atoms with Gasteiger partial charge in [-0.25, -0.2) is 8.42 Å². The van der Waals surface area contributed by atoms with Crippen molar-refractivity contribution in [3.63, 3.8) is 0 Å². The van der Waals surface area contributed by atoms with Gasteiger partial charge < -0.3 is 5.11 Å². The van der Waals surface area contributed by atoms with Gasteiger partial charge in [0.25, 0.3) is 0 Å². The van der Waals surface area contributed by atoms with Crippen LogP contribution in [0.4, 0.5) is 0 Å². The Kier molecular flexibility index (Phi) is 3.80. The lowest BCUT2D eigenvalue weighted by Gasteiger charge is -2.16. The maximum Gasteiger partial charge on any atom is 0.147 e. The van der Waals surface area contributed by atoms with E-state index in [4.69, 9.17) is 0 Å². The van der Waals surface area contributed by atoms with Crippen LogP contribution in [0.5, 0.6) is 0 Å². The van der Waals surface area contributed by atoms with Gasteiger partial charge in [0, 0.05) is 16.4 Å². The first-order valence-electron chi connectivity index (χ1n) is 5.56. The summed E-state index contributed by atoms with van der Waals surface area (Å²) in [5.74, 6) is 0.0571. The number of benzene rings is 1. The SMILES string of the molecule is CS(=O)(=O)CCC(O)C1Cc2ccccc2S1. The van der Waals surface area contributed by atoms with Crippen LogP contribution in [-0.2, 0) is 16.3 Å². The molecule has 3 nitrogen and oxygen atoms in total. The monoisotopic (exact) mass is 272 g/mol. The van der Waals surface area contributed by atoms with Gasteiger partial charge in [-0.2, -0.15) is 0 Å². The second-order valence-corrected chi connectivity index (χ2v) is 7.99. The summed E-state index contributed by atoms with van der Waals surface area (Å²) in [4.78, 5) is 1.20. The minimum atomic E-state index is -2.99. The van der Waals surface area contributed by atoms with Gasteiger partial charge in [0.1, 0.15) is 9.84 Å². The van der Waals surface area contributed by atoms with Crippen molar-refractivity contribution in [1.29, 1.82) is 0 Å². The topological polar surface area (TPSA) is 54.4 Å². The molecule has 94 valence electrons. The Morgan fingerprint density at radius 1 is 1.47 bits per heavy atom. The molecule has 0 saturated heterocycles. The molecule has 0 spiro atoms. The number of hydrogen-bond donors (Lipinski definition) is 1. The summed E-state index contributed by atoms with van der Waals surface area (Å²) in [6.07, 6.45) is 1.80. The third-order valence-corrected chi connectivity index (χ3v) is 5.30. The van der Waals surface area contributed by atoms with Crippen LogP contribution in [0, 0.1) is 0 Å². The van der Waals surface area contributed by atoms with Gasteiger partial charge in [-0.05, 0) is 24.5 Å². The smallest absolute Gasteiger partial charge is 0.147 e. The van der Waals surface area contributed by atoms with Crippen molar-refractivity contribution in [2.75, 3.05) is 12.0 Å². The Bertz CT molecular complexity index is 471. The highest BCUT2D eigenvalue weighted by Crippen LogP contribution is 2.38. The second-order valence-electron chi connectivity index (χ2n) is 4.45. The fraction of sp³-hybridized carbons (Fsp3) is 0.500. The molecule has 17 heavy (non-hydrogen) atoms. The number of aliphatic hydroxyl groups excluding tert-OH is 1. The molecule has 0 radical (unpaired) electrons. The van der Waals surface area contributed by atoms with Gasteiger partial charge in [-0.1, -0.05) is 18.2 Å². The largest absolute Gasteiger partial charge is 0.392 e. The fourth-order valence-corrected chi connectivity index (χ4v) is 3.96. The summed E-state index contributed by atoms with van der Waals surface area (Å²) in [5, 5.41) is 10.1. The lowest BCUT2D eigenvalue weighted by atomic mass is 10.1. The molecule has 1 N–H and O–H groups in total. The Morgan fingerprint density at radius 3 is 2.82 bits per heavy atom. The van der Waals surface area contributed by atoms with E-state index in [1.165, 1.54) is 16.7 Å². The number of sulfone groups is 1. The van der Waals surface area contributed by atoms with Crippen molar-refractivity contribution < 1.29 is 13.5 Å². The molecule has 0 fully saturated rings. The van der Waals surface area contributed by atoms with Crippen LogP contribution in [0.25, 0.3) is 0 Å². The average molecular weight is 272 g/mol. The molecule has 0 saturated carbocycles. The minimum Gasteiger partial charge on any atom is -0.392 e. The van der Waals surface area contributed by atoms with Crippen molar-refractivity contribution >= 4 is 21.6 Å². The molecule has 2 rings (SSSR count). The predicted octanol–water partition coefficient (Wildman–Crippen LogP) is 1.50. The highest BCUT2D eigenvalue weighted by Gasteiger charge is 2.28. The van der Waals surface area contributed by atoms with Gasteiger partial charge in [-0.3, -0.25) is 0 Å². The van der Waals surface area contributed by atoms with Gasteiger partial charge in [0.2, 0.25) is 0 Å². The second kappa shape index (κ2) is 5.00.